The highest BCUT2D eigenvalue weighted by Crippen LogP contribution is 2.36. The summed E-state index contributed by atoms with van der Waals surface area (Å²) in [6, 6.07) is 12.5. The third kappa shape index (κ3) is 2.37. The van der Waals surface area contributed by atoms with Crippen molar-refractivity contribution >= 4 is 22.6 Å². The standard InChI is InChI=1S/C14H19IN2/c1-11(15)17-13-7-14(17)10-16(9-13)8-12-5-3-2-4-6-12/h2-6,11,13-14H,7-10H2,1H3. The summed E-state index contributed by atoms with van der Waals surface area (Å²) in [5, 5.41) is 0. The van der Waals surface area contributed by atoms with Gasteiger partial charge in [0, 0.05) is 31.7 Å². The summed E-state index contributed by atoms with van der Waals surface area (Å²) in [6.07, 6.45) is 1.42. The summed E-state index contributed by atoms with van der Waals surface area (Å²) in [4.78, 5) is 5.30. The first-order chi connectivity index (χ1) is 8.24. The highest BCUT2D eigenvalue weighted by atomic mass is 127. The second kappa shape index (κ2) is 4.86. The first-order valence-corrected chi connectivity index (χ1v) is 7.66. The lowest BCUT2D eigenvalue weighted by molar-refractivity contribution is -0.0723. The molecule has 0 aliphatic carbocycles. The Balaban J connectivity index is 1.60. The van der Waals surface area contributed by atoms with Gasteiger partial charge < -0.3 is 0 Å². The van der Waals surface area contributed by atoms with Crippen LogP contribution in [0.4, 0.5) is 0 Å². The van der Waals surface area contributed by atoms with Gasteiger partial charge in [0.05, 0.1) is 4.05 Å². The van der Waals surface area contributed by atoms with E-state index in [4.69, 9.17) is 0 Å². The summed E-state index contributed by atoms with van der Waals surface area (Å²) in [5.74, 6) is 0. The van der Waals surface area contributed by atoms with E-state index in [9.17, 15) is 0 Å². The van der Waals surface area contributed by atoms with Gasteiger partial charge in [-0.25, -0.2) is 0 Å². The molecule has 0 aromatic heterocycles. The van der Waals surface area contributed by atoms with Crippen LogP contribution < -0.4 is 0 Å². The quantitative estimate of drug-likeness (QED) is 0.474. The van der Waals surface area contributed by atoms with Gasteiger partial charge in [0.2, 0.25) is 0 Å². The molecule has 1 aromatic rings. The predicted octanol–water partition coefficient (Wildman–Crippen LogP) is 2.73. The van der Waals surface area contributed by atoms with Gasteiger partial charge in [-0.1, -0.05) is 52.9 Å². The average molecular weight is 342 g/mol. The molecule has 2 nitrogen and oxygen atoms in total. The van der Waals surface area contributed by atoms with Crippen molar-refractivity contribution in [3.05, 3.63) is 35.9 Å². The van der Waals surface area contributed by atoms with Crippen LogP contribution in [0.5, 0.6) is 0 Å². The van der Waals surface area contributed by atoms with Crippen LogP contribution in [0.2, 0.25) is 0 Å². The van der Waals surface area contributed by atoms with E-state index in [1.165, 1.54) is 25.1 Å². The Bertz CT molecular complexity index is 367. The SMILES string of the molecule is CC(I)N1C2CC1CN(Cc1ccccc1)C2. The molecule has 0 radical (unpaired) electrons. The number of nitrogens with zero attached hydrogens (tertiary/aromatic N) is 2. The number of piperazine rings is 1. The number of benzene rings is 1. The molecule has 3 heteroatoms. The minimum Gasteiger partial charge on any atom is -0.296 e. The smallest absolute Gasteiger partial charge is 0.0596 e. The Hall–Kier alpha value is -0.130. The molecule has 2 bridgehead atoms. The zero-order valence-corrected chi connectivity index (χ0v) is 12.4. The third-order valence-corrected chi connectivity index (χ3v) is 4.63. The highest BCUT2D eigenvalue weighted by molar-refractivity contribution is 14.1. The molecule has 92 valence electrons. The lowest BCUT2D eigenvalue weighted by atomic mass is 9.87. The van der Waals surface area contributed by atoms with Gasteiger partial charge in [-0.05, 0) is 18.9 Å². The van der Waals surface area contributed by atoms with Gasteiger partial charge >= 0.3 is 0 Å². The number of rotatable bonds is 3. The summed E-state index contributed by atoms with van der Waals surface area (Å²) in [5.41, 5.74) is 1.45. The van der Waals surface area contributed by atoms with Gasteiger partial charge in [0.25, 0.3) is 0 Å². The third-order valence-electron chi connectivity index (χ3n) is 3.99. The van der Waals surface area contributed by atoms with E-state index in [0.717, 1.165) is 18.6 Å². The van der Waals surface area contributed by atoms with Crippen LogP contribution in [0, 0.1) is 0 Å². The van der Waals surface area contributed by atoms with Crippen LogP contribution in [0.3, 0.4) is 0 Å². The van der Waals surface area contributed by atoms with Crippen LogP contribution in [0.1, 0.15) is 18.9 Å². The molecular weight excluding hydrogens is 323 g/mol. The highest BCUT2D eigenvalue weighted by Gasteiger charge is 2.45. The van der Waals surface area contributed by atoms with Crippen molar-refractivity contribution < 1.29 is 0 Å². The molecule has 0 N–H and O–H groups in total. The molecule has 1 aromatic carbocycles. The number of hydrogen-bond donors (Lipinski definition) is 0. The van der Waals surface area contributed by atoms with Crippen molar-refractivity contribution in [1.29, 1.82) is 0 Å². The van der Waals surface area contributed by atoms with Crippen LogP contribution in [0.15, 0.2) is 30.3 Å². The predicted molar refractivity (Wildman–Crippen MR) is 79.2 cm³/mol. The average Bonchev–Trinajstić information content (AvgIpc) is 2.29. The first-order valence-electron chi connectivity index (χ1n) is 6.42. The molecule has 3 aliphatic heterocycles. The maximum atomic E-state index is 2.68. The van der Waals surface area contributed by atoms with Crippen LogP contribution in [0.25, 0.3) is 0 Å². The molecule has 17 heavy (non-hydrogen) atoms. The summed E-state index contributed by atoms with van der Waals surface area (Å²) >= 11 is 2.55. The van der Waals surface area contributed by atoms with Crippen molar-refractivity contribution in [2.24, 2.45) is 0 Å². The largest absolute Gasteiger partial charge is 0.296 e. The van der Waals surface area contributed by atoms with E-state index in [1.54, 1.807) is 0 Å². The Morgan fingerprint density at radius 1 is 1.24 bits per heavy atom. The second-order valence-electron chi connectivity index (χ2n) is 5.24. The Labute approximate surface area is 117 Å². The number of hydrogen-bond acceptors (Lipinski definition) is 2. The number of fused-ring (bicyclic) bond motifs is 2. The van der Waals surface area contributed by atoms with Gasteiger partial charge in [-0.2, -0.15) is 0 Å². The Morgan fingerprint density at radius 2 is 1.88 bits per heavy atom. The van der Waals surface area contributed by atoms with Crippen molar-refractivity contribution in [2.75, 3.05) is 13.1 Å². The zero-order valence-electron chi connectivity index (χ0n) is 10.2. The minimum absolute atomic E-state index is 0.690. The Kier molecular flexibility index (Phi) is 3.41. The van der Waals surface area contributed by atoms with E-state index in [-0.39, 0.29) is 0 Å². The molecule has 3 atom stereocenters. The zero-order chi connectivity index (χ0) is 11.8. The fourth-order valence-electron chi connectivity index (χ4n) is 3.28. The number of piperidine rings is 1. The molecule has 3 fully saturated rings. The van der Waals surface area contributed by atoms with Crippen LogP contribution in [-0.4, -0.2) is 39.0 Å². The topological polar surface area (TPSA) is 6.48 Å². The number of halogens is 1. The maximum absolute atomic E-state index is 2.68. The molecule has 0 amide bonds. The van der Waals surface area contributed by atoms with Gasteiger partial charge in [-0.15, -0.1) is 0 Å². The van der Waals surface area contributed by atoms with Crippen molar-refractivity contribution in [2.45, 2.75) is 36.0 Å². The summed E-state index contributed by atoms with van der Waals surface area (Å²) in [6.45, 7) is 5.93. The van der Waals surface area contributed by atoms with Crippen molar-refractivity contribution in [1.82, 2.24) is 9.80 Å². The second-order valence-corrected chi connectivity index (χ2v) is 7.05. The van der Waals surface area contributed by atoms with Crippen molar-refractivity contribution in [3.63, 3.8) is 0 Å². The minimum atomic E-state index is 0.690. The maximum Gasteiger partial charge on any atom is 0.0596 e. The molecule has 3 aliphatic rings. The molecule has 4 rings (SSSR count). The van der Waals surface area contributed by atoms with Gasteiger partial charge in [0.1, 0.15) is 0 Å². The first kappa shape index (κ1) is 11.9. The lowest BCUT2D eigenvalue weighted by Crippen LogP contribution is -2.69. The van der Waals surface area contributed by atoms with Gasteiger partial charge in [0.15, 0.2) is 0 Å². The van der Waals surface area contributed by atoms with Crippen LogP contribution >= 0.6 is 22.6 Å². The number of alkyl halides is 1. The fraction of sp³-hybridized carbons (Fsp3) is 0.571. The van der Waals surface area contributed by atoms with Crippen LogP contribution in [-0.2, 0) is 6.54 Å². The molecule has 3 unspecified atom stereocenters. The van der Waals surface area contributed by atoms with Crippen molar-refractivity contribution in [3.8, 4) is 0 Å². The normalized spacial score (nSPS) is 30.9. The van der Waals surface area contributed by atoms with E-state index in [2.05, 4.69) is 69.6 Å². The summed E-state index contributed by atoms with van der Waals surface area (Å²) < 4.78 is 0.690. The van der Waals surface area contributed by atoms with E-state index >= 15 is 0 Å². The molecule has 0 saturated carbocycles. The Morgan fingerprint density at radius 3 is 2.47 bits per heavy atom. The van der Waals surface area contributed by atoms with E-state index < -0.39 is 0 Å². The lowest BCUT2D eigenvalue weighted by Gasteiger charge is -2.57. The molecule has 3 saturated heterocycles. The molecular formula is C14H19IN2. The molecule has 3 heterocycles. The van der Waals surface area contributed by atoms with E-state index in [1.807, 2.05) is 0 Å². The monoisotopic (exact) mass is 342 g/mol. The fourth-order valence-corrected chi connectivity index (χ4v) is 4.19. The summed E-state index contributed by atoms with van der Waals surface area (Å²) in [7, 11) is 0. The molecule has 0 spiro atoms. The van der Waals surface area contributed by atoms with Gasteiger partial charge in [-0.3, -0.25) is 9.80 Å². The van der Waals surface area contributed by atoms with E-state index in [0.29, 0.717) is 4.05 Å².